The topological polar surface area (TPSA) is 214 Å². The monoisotopic (exact) mass is 717 g/mol. The zero-order valence-corrected chi connectivity index (χ0v) is 28.0. The van der Waals surface area contributed by atoms with E-state index in [9.17, 15) is 19.8 Å². The van der Waals surface area contributed by atoms with Crippen molar-refractivity contribution in [2.24, 2.45) is 10.9 Å². The fourth-order valence-corrected chi connectivity index (χ4v) is 6.42. The van der Waals surface area contributed by atoms with Gasteiger partial charge in [0.1, 0.15) is 30.1 Å². The minimum absolute atomic E-state index is 0.0643. The number of hydrogen-bond donors (Lipinski definition) is 5. The van der Waals surface area contributed by atoms with Crippen LogP contribution in [0.1, 0.15) is 46.4 Å². The van der Waals surface area contributed by atoms with Gasteiger partial charge in [-0.1, -0.05) is 126 Å². The van der Waals surface area contributed by atoms with Gasteiger partial charge in [0.25, 0.3) is 0 Å². The molecule has 4 aromatic carbocycles. The molecule has 0 spiro atoms. The van der Waals surface area contributed by atoms with Crippen LogP contribution in [0.2, 0.25) is 0 Å². The summed E-state index contributed by atoms with van der Waals surface area (Å²) in [5.41, 5.74) is 11.7. The van der Waals surface area contributed by atoms with Gasteiger partial charge in [0, 0.05) is 6.08 Å². The van der Waals surface area contributed by atoms with Crippen molar-refractivity contribution in [3.8, 4) is 0 Å². The lowest BCUT2D eigenvalue weighted by Gasteiger charge is -2.33. The van der Waals surface area contributed by atoms with E-state index in [4.69, 9.17) is 35.6 Å². The Balaban J connectivity index is 1.26. The summed E-state index contributed by atoms with van der Waals surface area (Å²) in [6.45, 7) is 0. The zero-order chi connectivity index (χ0) is 37.1. The number of fused-ring (bicyclic) bond motifs is 1. The number of carbonyl (C=O) groups excluding carboxylic acids is 2. The molecule has 1 saturated heterocycles. The van der Waals surface area contributed by atoms with Crippen molar-refractivity contribution in [1.29, 1.82) is 0 Å². The van der Waals surface area contributed by atoms with E-state index in [1.54, 1.807) is 97.1 Å². The average Bonchev–Trinajstić information content (AvgIpc) is 3.87. The molecule has 5 aromatic rings. The van der Waals surface area contributed by atoms with Crippen molar-refractivity contribution in [3.63, 3.8) is 0 Å². The molecule has 0 unspecified atom stereocenters. The molecule has 0 aliphatic carbocycles. The molecule has 0 bridgehead atoms. The number of oxime groups is 1. The number of aliphatic hydroxyl groups excluding tert-OH is 2. The number of nitrogens with zero attached hydrogens (tertiary/aromatic N) is 3. The van der Waals surface area contributed by atoms with Crippen molar-refractivity contribution in [2.45, 2.75) is 42.3 Å². The Labute approximate surface area is 303 Å². The lowest BCUT2D eigenvalue weighted by Crippen LogP contribution is -2.55. The van der Waals surface area contributed by atoms with Crippen LogP contribution in [-0.4, -0.2) is 66.7 Å². The molecule has 0 radical (unpaired) electrons. The van der Waals surface area contributed by atoms with Gasteiger partial charge in [0.15, 0.2) is 29.8 Å². The van der Waals surface area contributed by atoms with E-state index in [2.05, 4.69) is 10.1 Å². The van der Waals surface area contributed by atoms with Crippen LogP contribution in [-0.2, 0) is 28.5 Å². The van der Waals surface area contributed by atoms with Crippen LogP contribution in [0.3, 0.4) is 0 Å². The molecule has 0 amide bonds. The van der Waals surface area contributed by atoms with Gasteiger partial charge >= 0.3 is 11.9 Å². The number of benzene rings is 4. The first-order valence-corrected chi connectivity index (χ1v) is 16.6. The van der Waals surface area contributed by atoms with Crippen molar-refractivity contribution >= 4 is 23.6 Å². The van der Waals surface area contributed by atoms with E-state index in [1.165, 1.54) is 10.9 Å². The smallest absolute Gasteiger partial charge is 0.347 e. The standard InChI is InChI=1S/C39H35N5O9/c40-34(43-49)28-35(41)44(22-42-28)36-29(45)32-27(50-36)21-39(53-32,38(48)52-31(25-17-9-3-10-18-25)26-19-11-4-12-20-26)33(46)37(47)51-30(23-13-5-1-6-14-23)24-15-7-2-8-16-24/h1-22,29-33,36,45-46,49H,41H2,(H2,40,43)/t29-,32-,33+,36-,39+/m1/s1. The van der Waals surface area contributed by atoms with Crippen LogP contribution >= 0.6 is 0 Å². The maximum Gasteiger partial charge on any atom is 0.347 e. The number of rotatable bonds is 11. The first-order valence-electron chi connectivity index (χ1n) is 16.6. The van der Waals surface area contributed by atoms with E-state index in [1.807, 2.05) is 24.3 Å². The molecule has 0 saturated carbocycles. The highest BCUT2D eigenvalue weighted by molar-refractivity contribution is 5.99. The third-order valence-electron chi connectivity index (χ3n) is 9.09. The van der Waals surface area contributed by atoms with Crippen LogP contribution in [0.15, 0.2) is 145 Å². The van der Waals surface area contributed by atoms with Crippen LogP contribution in [0.5, 0.6) is 0 Å². The largest absolute Gasteiger partial charge is 0.469 e. The van der Waals surface area contributed by atoms with E-state index in [-0.39, 0.29) is 23.1 Å². The van der Waals surface area contributed by atoms with Crippen molar-refractivity contribution in [2.75, 3.05) is 5.73 Å². The van der Waals surface area contributed by atoms with Gasteiger partial charge in [-0.25, -0.2) is 14.6 Å². The fourth-order valence-electron chi connectivity index (χ4n) is 6.42. The molecular weight excluding hydrogens is 682 g/mol. The number of hydrogen-bond acceptors (Lipinski definition) is 12. The lowest BCUT2D eigenvalue weighted by atomic mass is 9.95. The predicted molar refractivity (Wildman–Crippen MR) is 189 cm³/mol. The number of carbonyl (C=O) groups is 2. The molecule has 14 nitrogen and oxygen atoms in total. The SMILES string of the molecule is N/C(=N\O)c1ncn([C@@H]2OC3=C[C@@](C(=O)OC(c4ccccc4)c4ccccc4)([C@@H](O)C(=O)OC(c4ccccc4)c4ccccc4)O[C@H]3[C@H]2O)c1N. The number of aromatic nitrogens is 2. The second-order valence-electron chi connectivity index (χ2n) is 12.4. The predicted octanol–water partition coefficient (Wildman–Crippen LogP) is 3.50. The number of imidazole rings is 1. The number of amidine groups is 1. The molecule has 2 aliphatic heterocycles. The summed E-state index contributed by atoms with van der Waals surface area (Å²) < 4.78 is 25.6. The minimum Gasteiger partial charge on any atom is -0.469 e. The van der Waals surface area contributed by atoms with Crippen LogP contribution in [0.25, 0.3) is 0 Å². The van der Waals surface area contributed by atoms with Gasteiger partial charge in [-0.05, 0) is 22.3 Å². The molecule has 53 heavy (non-hydrogen) atoms. The second kappa shape index (κ2) is 14.6. The Hall–Kier alpha value is -6.48. The van der Waals surface area contributed by atoms with Gasteiger partial charge in [0.2, 0.25) is 11.8 Å². The number of anilines is 1. The van der Waals surface area contributed by atoms with Crippen molar-refractivity contribution in [1.82, 2.24) is 9.55 Å². The second-order valence-corrected chi connectivity index (χ2v) is 12.4. The third-order valence-corrected chi connectivity index (χ3v) is 9.09. The van der Waals surface area contributed by atoms with Crippen LogP contribution in [0, 0.1) is 0 Å². The molecule has 7 rings (SSSR count). The Bertz CT molecular complexity index is 2050. The maximum absolute atomic E-state index is 14.6. The van der Waals surface area contributed by atoms with Gasteiger partial charge in [-0.15, -0.1) is 0 Å². The van der Waals surface area contributed by atoms with E-state index >= 15 is 0 Å². The summed E-state index contributed by atoms with van der Waals surface area (Å²) in [5.74, 6) is -2.92. The average molecular weight is 718 g/mol. The highest BCUT2D eigenvalue weighted by Gasteiger charge is 2.62. The molecule has 7 N–H and O–H groups in total. The molecule has 3 heterocycles. The molecule has 1 fully saturated rings. The Morgan fingerprint density at radius 1 is 0.811 bits per heavy atom. The summed E-state index contributed by atoms with van der Waals surface area (Å²) in [4.78, 5) is 32.7. The highest BCUT2D eigenvalue weighted by Crippen LogP contribution is 2.46. The summed E-state index contributed by atoms with van der Waals surface area (Å²) in [6, 6.07) is 35.6. The quantitative estimate of drug-likeness (QED) is 0.0437. The molecule has 5 atom stereocenters. The van der Waals surface area contributed by atoms with Gasteiger partial charge < -0.3 is 45.8 Å². The Kier molecular flexibility index (Phi) is 9.65. The molecular formula is C39H35N5O9. The normalized spacial score (nSPS) is 21.5. The molecule has 1 aromatic heterocycles. The lowest BCUT2D eigenvalue weighted by molar-refractivity contribution is -0.201. The first-order chi connectivity index (χ1) is 25.7. The highest BCUT2D eigenvalue weighted by atomic mass is 16.6. The van der Waals surface area contributed by atoms with Crippen molar-refractivity contribution < 1.29 is 44.0 Å². The third kappa shape index (κ3) is 6.57. The first kappa shape index (κ1) is 34.9. The van der Waals surface area contributed by atoms with E-state index in [0.717, 1.165) is 6.08 Å². The number of aliphatic hydroxyl groups is 2. The minimum atomic E-state index is -2.55. The number of nitrogens with two attached hydrogens (primary N) is 2. The molecule has 14 heteroatoms. The number of ether oxygens (including phenoxy) is 4. The number of esters is 2. The maximum atomic E-state index is 14.6. The zero-order valence-electron chi connectivity index (χ0n) is 28.0. The van der Waals surface area contributed by atoms with Crippen LogP contribution in [0.4, 0.5) is 5.82 Å². The number of nitrogen functional groups attached to an aromatic ring is 1. The Morgan fingerprint density at radius 3 is 1.74 bits per heavy atom. The Morgan fingerprint density at radius 2 is 1.28 bits per heavy atom. The van der Waals surface area contributed by atoms with Crippen molar-refractivity contribution in [3.05, 3.63) is 167 Å². The van der Waals surface area contributed by atoms with Gasteiger partial charge in [-0.2, -0.15) is 0 Å². The fraction of sp³-hybridized carbons (Fsp3) is 0.179. The molecule has 2 aliphatic rings. The summed E-state index contributed by atoms with van der Waals surface area (Å²) in [5, 5.41) is 35.5. The molecule has 270 valence electrons. The van der Waals surface area contributed by atoms with E-state index in [0.29, 0.717) is 22.3 Å². The van der Waals surface area contributed by atoms with Gasteiger partial charge in [0.05, 0.1) is 0 Å². The summed E-state index contributed by atoms with van der Waals surface area (Å²) >= 11 is 0. The summed E-state index contributed by atoms with van der Waals surface area (Å²) in [7, 11) is 0. The van der Waals surface area contributed by atoms with E-state index < -0.39 is 54.3 Å². The van der Waals surface area contributed by atoms with Gasteiger partial charge in [-0.3, -0.25) is 4.57 Å². The summed E-state index contributed by atoms with van der Waals surface area (Å²) in [6.07, 6.45) is -6.15. The van der Waals surface area contributed by atoms with Crippen LogP contribution < -0.4 is 11.5 Å².